The van der Waals surface area contributed by atoms with Gasteiger partial charge in [0.1, 0.15) is 5.82 Å². The largest absolute Gasteiger partial charge is 0.459 e. The Morgan fingerprint density at radius 3 is 2.78 bits per heavy atom. The van der Waals surface area contributed by atoms with Crippen LogP contribution in [0, 0.1) is 11.7 Å². The van der Waals surface area contributed by atoms with E-state index in [9.17, 15) is 14.0 Å². The van der Waals surface area contributed by atoms with Crippen LogP contribution in [0.1, 0.15) is 22.5 Å². The van der Waals surface area contributed by atoms with Gasteiger partial charge in [0.15, 0.2) is 5.76 Å². The van der Waals surface area contributed by atoms with E-state index >= 15 is 0 Å². The molecule has 1 saturated heterocycles. The lowest BCUT2D eigenvalue weighted by atomic mass is 10.1. The normalized spacial score (nSPS) is 17.5. The molecule has 0 radical (unpaired) electrons. The number of hydrogen-bond acceptors (Lipinski definition) is 3. The van der Waals surface area contributed by atoms with Gasteiger partial charge < -0.3 is 14.6 Å². The maximum atomic E-state index is 12.9. The minimum absolute atomic E-state index is 0.0478. The summed E-state index contributed by atoms with van der Waals surface area (Å²) in [5.74, 6) is -0.189. The number of rotatable bonds is 5. The summed E-state index contributed by atoms with van der Waals surface area (Å²) in [6, 6.07) is 9.37. The van der Waals surface area contributed by atoms with E-state index in [1.165, 1.54) is 18.4 Å². The lowest BCUT2D eigenvalue weighted by Gasteiger charge is -2.17. The summed E-state index contributed by atoms with van der Waals surface area (Å²) in [5.41, 5.74) is 0.889. The zero-order chi connectivity index (χ0) is 16.2. The van der Waals surface area contributed by atoms with Gasteiger partial charge in [-0.25, -0.2) is 4.39 Å². The molecule has 1 aliphatic rings. The number of nitrogens with one attached hydrogen (secondary N) is 1. The summed E-state index contributed by atoms with van der Waals surface area (Å²) in [7, 11) is 0. The summed E-state index contributed by atoms with van der Waals surface area (Å²) in [5, 5.41) is 2.78. The van der Waals surface area contributed by atoms with Crippen molar-refractivity contribution in [1.82, 2.24) is 10.2 Å². The minimum atomic E-state index is -0.292. The molecule has 0 unspecified atom stereocenters. The lowest BCUT2D eigenvalue weighted by molar-refractivity contribution is -0.128. The first-order valence-corrected chi connectivity index (χ1v) is 7.46. The summed E-state index contributed by atoms with van der Waals surface area (Å²) in [6.45, 7) is 1.46. The number of amides is 2. The zero-order valence-corrected chi connectivity index (χ0v) is 12.5. The van der Waals surface area contributed by atoms with Gasteiger partial charge in [-0.2, -0.15) is 0 Å². The molecule has 1 atom stereocenters. The number of benzene rings is 1. The zero-order valence-electron chi connectivity index (χ0n) is 12.5. The van der Waals surface area contributed by atoms with Crippen molar-refractivity contribution in [2.45, 2.75) is 13.0 Å². The van der Waals surface area contributed by atoms with Gasteiger partial charge >= 0.3 is 0 Å². The molecular weight excluding hydrogens is 299 g/mol. The summed E-state index contributed by atoms with van der Waals surface area (Å²) >= 11 is 0. The fraction of sp³-hybridized carbons (Fsp3) is 0.294. The first-order valence-electron chi connectivity index (χ1n) is 7.46. The molecule has 1 aromatic carbocycles. The van der Waals surface area contributed by atoms with Crippen molar-refractivity contribution in [2.75, 3.05) is 13.1 Å². The number of furan rings is 1. The van der Waals surface area contributed by atoms with Crippen LogP contribution in [0.2, 0.25) is 0 Å². The highest BCUT2D eigenvalue weighted by atomic mass is 19.1. The van der Waals surface area contributed by atoms with Gasteiger partial charge in [-0.3, -0.25) is 9.59 Å². The number of carbonyl (C=O) groups excluding carboxylic acids is 2. The molecule has 0 bridgehead atoms. The second-order valence-electron chi connectivity index (χ2n) is 5.66. The number of hydrogen-bond donors (Lipinski definition) is 1. The molecule has 2 heterocycles. The second kappa shape index (κ2) is 6.64. The van der Waals surface area contributed by atoms with E-state index in [4.69, 9.17) is 4.42 Å². The highest BCUT2D eigenvalue weighted by Crippen LogP contribution is 2.20. The summed E-state index contributed by atoms with van der Waals surface area (Å²) in [4.78, 5) is 25.6. The molecule has 1 fully saturated rings. The van der Waals surface area contributed by atoms with Crippen molar-refractivity contribution in [3.8, 4) is 0 Å². The Morgan fingerprint density at radius 1 is 1.30 bits per heavy atom. The SMILES string of the molecule is O=C(NC[C@@H]1CC(=O)N(Cc2ccc(F)cc2)C1)c1ccco1. The number of nitrogens with zero attached hydrogens (tertiary/aromatic N) is 1. The number of halogens is 1. The van der Waals surface area contributed by atoms with E-state index in [1.807, 2.05) is 0 Å². The molecule has 120 valence electrons. The van der Waals surface area contributed by atoms with Crippen molar-refractivity contribution >= 4 is 11.8 Å². The topological polar surface area (TPSA) is 62.6 Å². The Kier molecular flexibility index (Phi) is 4.41. The van der Waals surface area contributed by atoms with Crippen LogP contribution in [0.25, 0.3) is 0 Å². The molecule has 23 heavy (non-hydrogen) atoms. The van der Waals surface area contributed by atoms with Gasteiger partial charge in [0.25, 0.3) is 5.91 Å². The number of likely N-dealkylation sites (tertiary alicyclic amines) is 1. The van der Waals surface area contributed by atoms with Crippen LogP contribution in [-0.4, -0.2) is 29.8 Å². The fourth-order valence-electron chi connectivity index (χ4n) is 2.69. The Labute approximate surface area is 133 Å². The average Bonchev–Trinajstić information content (AvgIpc) is 3.18. The molecule has 1 aliphatic heterocycles. The van der Waals surface area contributed by atoms with E-state index in [1.54, 1.807) is 29.2 Å². The highest BCUT2D eigenvalue weighted by Gasteiger charge is 2.29. The summed E-state index contributed by atoms with van der Waals surface area (Å²) < 4.78 is 17.9. The molecule has 2 aromatic rings. The summed E-state index contributed by atoms with van der Waals surface area (Å²) in [6.07, 6.45) is 1.85. The molecule has 6 heteroatoms. The standard InChI is InChI=1S/C17H17FN2O3/c18-14-5-3-12(4-6-14)10-20-11-13(8-16(20)21)9-19-17(22)15-2-1-7-23-15/h1-7,13H,8-11H2,(H,19,22)/t13-/m0/s1. The lowest BCUT2D eigenvalue weighted by Crippen LogP contribution is -2.31. The monoisotopic (exact) mass is 316 g/mol. The van der Waals surface area contributed by atoms with E-state index in [-0.39, 0.29) is 29.3 Å². The van der Waals surface area contributed by atoms with Crippen molar-refractivity contribution < 1.29 is 18.4 Å². The molecular formula is C17H17FN2O3. The Hall–Kier alpha value is -2.63. The Bertz CT molecular complexity index is 682. The van der Waals surface area contributed by atoms with E-state index in [2.05, 4.69) is 5.32 Å². The molecule has 1 N–H and O–H groups in total. The minimum Gasteiger partial charge on any atom is -0.459 e. The van der Waals surface area contributed by atoms with Crippen LogP contribution in [0.15, 0.2) is 47.1 Å². The third kappa shape index (κ3) is 3.77. The molecule has 2 amide bonds. The Morgan fingerprint density at radius 2 is 2.09 bits per heavy atom. The maximum Gasteiger partial charge on any atom is 0.286 e. The fourth-order valence-corrected chi connectivity index (χ4v) is 2.69. The second-order valence-corrected chi connectivity index (χ2v) is 5.66. The molecule has 1 aromatic heterocycles. The molecule has 0 saturated carbocycles. The maximum absolute atomic E-state index is 12.9. The van der Waals surface area contributed by atoms with Crippen LogP contribution in [0.5, 0.6) is 0 Å². The van der Waals surface area contributed by atoms with Gasteiger partial charge in [0, 0.05) is 32.0 Å². The smallest absolute Gasteiger partial charge is 0.286 e. The molecule has 0 spiro atoms. The van der Waals surface area contributed by atoms with Crippen molar-refractivity contribution in [3.63, 3.8) is 0 Å². The average molecular weight is 316 g/mol. The molecule has 5 nitrogen and oxygen atoms in total. The third-order valence-corrected chi connectivity index (χ3v) is 3.88. The van der Waals surface area contributed by atoms with Crippen LogP contribution >= 0.6 is 0 Å². The van der Waals surface area contributed by atoms with Gasteiger partial charge in [-0.15, -0.1) is 0 Å². The first-order chi connectivity index (χ1) is 11.1. The van der Waals surface area contributed by atoms with Gasteiger partial charge in [0.2, 0.25) is 5.91 Å². The molecule has 0 aliphatic carbocycles. The van der Waals surface area contributed by atoms with E-state index in [0.29, 0.717) is 26.1 Å². The molecule has 3 rings (SSSR count). The first kappa shape index (κ1) is 15.3. The van der Waals surface area contributed by atoms with Crippen molar-refractivity contribution in [2.24, 2.45) is 5.92 Å². The third-order valence-electron chi connectivity index (χ3n) is 3.88. The highest BCUT2D eigenvalue weighted by molar-refractivity contribution is 5.91. The van der Waals surface area contributed by atoms with Gasteiger partial charge in [0.05, 0.1) is 6.26 Å². The van der Waals surface area contributed by atoms with Crippen LogP contribution < -0.4 is 5.32 Å². The quantitative estimate of drug-likeness (QED) is 0.920. The Balaban J connectivity index is 1.51. The van der Waals surface area contributed by atoms with Gasteiger partial charge in [-0.05, 0) is 29.8 Å². The van der Waals surface area contributed by atoms with Crippen LogP contribution in [0.4, 0.5) is 4.39 Å². The van der Waals surface area contributed by atoms with Gasteiger partial charge in [-0.1, -0.05) is 12.1 Å². The van der Waals surface area contributed by atoms with Crippen LogP contribution in [0.3, 0.4) is 0 Å². The predicted octanol–water partition coefficient (Wildman–Crippen LogP) is 2.20. The van der Waals surface area contributed by atoms with Crippen LogP contribution in [-0.2, 0) is 11.3 Å². The van der Waals surface area contributed by atoms with E-state index in [0.717, 1.165) is 5.56 Å². The van der Waals surface area contributed by atoms with Crippen molar-refractivity contribution in [3.05, 3.63) is 59.8 Å². The van der Waals surface area contributed by atoms with Crippen molar-refractivity contribution in [1.29, 1.82) is 0 Å². The predicted molar refractivity (Wildman–Crippen MR) is 81.0 cm³/mol. The van der Waals surface area contributed by atoms with E-state index < -0.39 is 0 Å². The number of carbonyl (C=O) groups is 2.